The van der Waals surface area contributed by atoms with E-state index in [1.165, 1.54) is 31.4 Å². The van der Waals surface area contributed by atoms with Gasteiger partial charge in [-0.05, 0) is 32.1 Å². The number of aryl methyl sites for hydroxylation is 1. The number of hydrogen-bond donors (Lipinski definition) is 1. The van der Waals surface area contributed by atoms with E-state index in [9.17, 15) is 0 Å². The molecule has 0 aliphatic carbocycles. The molecule has 0 amide bonds. The molecule has 3 heterocycles. The molecule has 100 valence electrons. The van der Waals surface area contributed by atoms with Crippen molar-refractivity contribution in [2.75, 3.05) is 7.11 Å². The minimum atomic E-state index is 0.618. The molecule has 3 rings (SSSR count). The van der Waals surface area contributed by atoms with E-state index in [4.69, 9.17) is 4.74 Å². The molecule has 0 aromatic carbocycles. The lowest BCUT2D eigenvalue weighted by Gasteiger charge is -2.30. The molecule has 2 aliphatic rings. The smallest absolute Gasteiger partial charge is 0.160 e. The quantitative estimate of drug-likeness (QED) is 0.890. The van der Waals surface area contributed by atoms with Crippen LogP contribution in [-0.4, -0.2) is 29.0 Å². The van der Waals surface area contributed by atoms with Crippen molar-refractivity contribution < 1.29 is 4.74 Å². The summed E-state index contributed by atoms with van der Waals surface area (Å²) in [6.45, 7) is 3.20. The van der Waals surface area contributed by atoms with Gasteiger partial charge < -0.3 is 10.1 Å². The third-order valence-corrected chi connectivity index (χ3v) is 4.36. The van der Waals surface area contributed by atoms with Gasteiger partial charge in [0.1, 0.15) is 0 Å². The van der Waals surface area contributed by atoms with Crippen LogP contribution in [0.3, 0.4) is 0 Å². The molecular weight excluding hydrogens is 226 g/mol. The highest BCUT2D eigenvalue weighted by molar-refractivity contribution is 5.30. The van der Waals surface area contributed by atoms with Crippen molar-refractivity contribution in [1.29, 1.82) is 0 Å². The molecule has 4 heteroatoms. The summed E-state index contributed by atoms with van der Waals surface area (Å²) in [4.78, 5) is 0. The molecule has 0 spiro atoms. The zero-order chi connectivity index (χ0) is 12.5. The molecule has 2 atom stereocenters. The number of rotatable bonds is 4. The zero-order valence-corrected chi connectivity index (χ0v) is 11.4. The van der Waals surface area contributed by atoms with Gasteiger partial charge in [-0.3, -0.25) is 4.68 Å². The number of aromatic nitrogens is 2. The summed E-state index contributed by atoms with van der Waals surface area (Å²) in [5, 5.41) is 8.19. The molecule has 2 aliphatic heterocycles. The average Bonchev–Trinajstić information content (AvgIpc) is 2.93. The fourth-order valence-corrected chi connectivity index (χ4v) is 3.62. The average molecular weight is 249 g/mol. The molecular formula is C14H23N3O. The maximum atomic E-state index is 5.51. The van der Waals surface area contributed by atoms with Gasteiger partial charge in [0, 0.05) is 24.5 Å². The van der Waals surface area contributed by atoms with Gasteiger partial charge in [0.05, 0.1) is 19.0 Å². The number of fused-ring (bicyclic) bond motifs is 2. The van der Waals surface area contributed by atoms with Crippen molar-refractivity contribution in [2.24, 2.45) is 0 Å². The number of hydrogen-bond acceptors (Lipinski definition) is 3. The van der Waals surface area contributed by atoms with Crippen LogP contribution in [0, 0.1) is 0 Å². The molecule has 1 aromatic rings. The van der Waals surface area contributed by atoms with Crippen molar-refractivity contribution >= 4 is 0 Å². The molecule has 2 saturated heterocycles. The van der Waals surface area contributed by atoms with Crippen molar-refractivity contribution in [3.63, 3.8) is 0 Å². The van der Waals surface area contributed by atoms with E-state index in [-0.39, 0.29) is 0 Å². The predicted octanol–water partition coefficient (Wildman–Crippen LogP) is 2.30. The summed E-state index contributed by atoms with van der Waals surface area (Å²) < 4.78 is 7.67. The van der Waals surface area contributed by atoms with Crippen molar-refractivity contribution in [2.45, 2.75) is 63.6 Å². The van der Waals surface area contributed by atoms with E-state index in [1.807, 2.05) is 6.20 Å². The molecule has 18 heavy (non-hydrogen) atoms. The minimum Gasteiger partial charge on any atom is -0.493 e. The Morgan fingerprint density at radius 1 is 1.39 bits per heavy atom. The summed E-state index contributed by atoms with van der Waals surface area (Å²) in [5.74, 6) is 1.60. The number of nitrogens with zero attached hydrogens (tertiary/aromatic N) is 2. The normalized spacial score (nSPS) is 30.7. The monoisotopic (exact) mass is 249 g/mol. The number of ether oxygens (including phenoxy) is 1. The Bertz CT molecular complexity index is 403. The van der Waals surface area contributed by atoms with E-state index in [1.54, 1.807) is 7.11 Å². The first-order valence-corrected chi connectivity index (χ1v) is 7.17. The second kappa shape index (κ2) is 4.92. The van der Waals surface area contributed by atoms with Crippen LogP contribution in [-0.2, 0) is 6.54 Å². The first-order valence-electron chi connectivity index (χ1n) is 7.17. The summed E-state index contributed by atoms with van der Waals surface area (Å²) >= 11 is 0. The maximum absolute atomic E-state index is 5.51. The molecule has 2 fully saturated rings. The van der Waals surface area contributed by atoms with E-state index < -0.39 is 0 Å². The molecule has 4 nitrogen and oxygen atoms in total. The molecule has 1 N–H and O–H groups in total. The first kappa shape index (κ1) is 12.0. The van der Waals surface area contributed by atoms with Crippen LogP contribution in [0.15, 0.2) is 6.20 Å². The van der Waals surface area contributed by atoms with Crippen LogP contribution in [0.2, 0.25) is 0 Å². The van der Waals surface area contributed by atoms with Crippen LogP contribution in [0.5, 0.6) is 5.75 Å². The standard InChI is InChI=1S/C14H23N3O/c1-3-6-17-14(13(18-2)9-15-17)10-7-11-4-5-12(8-10)16-11/h9-12,16H,3-8H2,1-2H3. The molecule has 2 bridgehead atoms. The maximum Gasteiger partial charge on any atom is 0.160 e. The third kappa shape index (κ3) is 2.03. The van der Waals surface area contributed by atoms with Gasteiger partial charge in [-0.25, -0.2) is 0 Å². The lowest BCUT2D eigenvalue weighted by Crippen LogP contribution is -2.37. The lowest BCUT2D eigenvalue weighted by molar-refractivity contribution is 0.333. The molecule has 0 saturated carbocycles. The first-order chi connectivity index (χ1) is 8.81. The predicted molar refractivity (Wildman–Crippen MR) is 71.0 cm³/mol. The topological polar surface area (TPSA) is 39.1 Å². The van der Waals surface area contributed by atoms with E-state index in [2.05, 4.69) is 22.0 Å². The fourth-order valence-electron chi connectivity index (χ4n) is 3.62. The van der Waals surface area contributed by atoms with E-state index in [0.717, 1.165) is 18.7 Å². The van der Waals surface area contributed by atoms with E-state index in [0.29, 0.717) is 18.0 Å². The summed E-state index contributed by atoms with van der Waals surface area (Å²) in [6.07, 6.45) is 8.16. The number of methoxy groups -OCH3 is 1. The largest absolute Gasteiger partial charge is 0.493 e. The Hall–Kier alpha value is -1.03. The van der Waals surface area contributed by atoms with Crippen LogP contribution in [0.25, 0.3) is 0 Å². The summed E-state index contributed by atoms with van der Waals surface area (Å²) in [6, 6.07) is 1.42. The van der Waals surface area contributed by atoms with Crippen LogP contribution < -0.4 is 10.1 Å². The third-order valence-electron chi connectivity index (χ3n) is 4.36. The highest BCUT2D eigenvalue weighted by atomic mass is 16.5. The Morgan fingerprint density at radius 2 is 2.11 bits per heavy atom. The van der Waals surface area contributed by atoms with Gasteiger partial charge in [0.2, 0.25) is 0 Å². The number of nitrogens with one attached hydrogen (secondary N) is 1. The molecule has 2 unspecified atom stereocenters. The Kier molecular flexibility index (Phi) is 3.29. The van der Waals surface area contributed by atoms with E-state index >= 15 is 0 Å². The van der Waals surface area contributed by atoms with Gasteiger partial charge in [0.25, 0.3) is 0 Å². The molecule has 1 aromatic heterocycles. The molecule has 0 radical (unpaired) electrons. The number of piperidine rings is 1. The Labute approximate surface area is 109 Å². The summed E-state index contributed by atoms with van der Waals surface area (Å²) in [7, 11) is 1.76. The highest BCUT2D eigenvalue weighted by Crippen LogP contribution is 2.40. The highest BCUT2D eigenvalue weighted by Gasteiger charge is 2.36. The van der Waals surface area contributed by atoms with Crippen molar-refractivity contribution in [1.82, 2.24) is 15.1 Å². The second-order valence-electron chi connectivity index (χ2n) is 5.63. The van der Waals surface area contributed by atoms with Gasteiger partial charge >= 0.3 is 0 Å². The van der Waals surface area contributed by atoms with Crippen LogP contribution >= 0.6 is 0 Å². The van der Waals surface area contributed by atoms with Gasteiger partial charge in [-0.2, -0.15) is 5.10 Å². The van der Waals surface area contributed by atoms with Crippen molar-refractivity contribution in [3.05, 3.63) is 11.9 Å². The second-order valence-corrected chi connectivity index (χ2v) is 5.63. The fraction of sp³-hybridized carbons (Fsp3) is 0.786. The van der Waals surface area contributed by atoms with Crippen LogP contribution in [0.4, 0.5) is 0 Å². The summed E-state index contributed by atoms with van der Waals surface area (Å²) in [5.41, 5.74) is 1.33. The van der Waals surface area contributed by atoms with Gasteiger partial charge in [0.15, 0.2) is 5.75 Å². The zero-order valence-electron chi connectivity index (χ0n) is 11.4. The van der Waals surface area contributed by atoms with Crippen LogP contribution in [0.1, 0.15) is 50.6 Å². The van der Waals surface area contributed by atoms with Gasteiger partial charge in [-0.1, -0.05) is 6.92 Å². The van der Waals surface area contributed by atoms with Gasteiger partial charge in [-0.15, -0.1) is 0 Å². The SMILES string of the molecule is CCCn1ncc(OC)c1C1CC2CCC(C1)N2. The Morgan fingerprint density at radius 3 is 2.72 bits per heavy atom. The minimum absolute atomic E-state index is 0.618. The van der Waals surface area contributed by atoms with Crippen molar-refractivity contribution in [3.8, 4) is 5.75 Å². The Balaban J connectivity index is 1.87. The lowest BCUT2D eigenvalue weighted by atomic mass is 9.89.